The van der Waals surface area contributed by atoms with Gasteiger partial charge in [0.05, 0.1) is 24.1 Å². The molecule has 4 nitrogen and oxygen atoms in total. The summed E-state index contributed by atoms with van der Waals surface area (Å²) in [6, 6.07) is 3.59. The van der Waals surface area contributed by atoms with Crippen LogP contribution < -0.4 is 9.47 Å². The number of halogens is 1. The maximum atomic E-state index is 6.07. The van der Waals surface area contributed by atoms with Crippen LogP contribution in [0.1, 0.15) is 13.8 Å². The second kappa shape index (κ2) is 4.75. The Bertz CT molecular complexity index is 543. The van der Waals surface area contributed by atoms with Crippen LogP contribution in [-0.2, 0) is 0 Å². The zero-order valence-corrected chi connectivity index (χ0v) is 10.7. The highest BCUT2D eigenvalue weighted by Crippen LogP contribution is 2.34. The lowest BCUT2D eigenvalue weighted by Crippen LogP contribution is -2.06. The molecule has 0 amide bonds. The van der Waals surface area contributed by atoms with Gasteiger partial charge in [-0.05, 0) is 13.8 Å². The molecule has 0 saturated heterocycles. The highest BCUT2D eigenvalue weighted by Gasteiger charge is 2.12. The van der Waals surface area contributed by atoms with E-state index in [0.29, 0.717) is 27.6 Å². The number of aromatic nitrogens is 2. The molecule has 5 heteroatoms. The summed E-state index contributed by atoms with van der Waals surface area (Å²) < 4.78 is 10.9. The largest absolute Gasteiger partial charge is 0.497 e. The molecule has 0 fully saturated rings. The van der Waals surface area contributed by atoms with Gasteiger partial charge in [0.25, 0.3) is 0 Å². The summed E-state index contributed by atoms with van der Waals surface area (Å²) in [5.74, 6) is 1.32. The third-order valence-electron chi connectivity index (χ3n) is 2.23. The first-order valence-electron chi connectivity index (χ1n) is 5.26. The monoisotopic (exact) mass is 252 g/mol. The summed E-state index contributed by atoms with van der Waals surface area (Å²) in [6.07, 6.45) is 1.46. The normalized spacial score (nSPS) is 10.9. The highest BCUT2D eigenvalue weighted by molar-refractivity contribution is 6.34. The quantitative estimate of drug-likeness (QED) is 0.788. The van der Waals surface area contributed by atoms with E-state index in [2.05, 4.69) is 9.97 Å². The van der Waals surface area contributed by atoms with Crippen molar-refractivity contribution in [2.75, 3.05) is 7.11 Å². The van der Waals surface area contributed by atoms with Crippen molar-refractivity contribution in [2.24, 2.45) is 0 Å². The fourth-order valence-electron chi connectivity index (χ4n) is 1.56. The van der Waals surface area contributed by atoms with Crippen LogP contribution in [-0.4, -0.2) is 23.2 Å². The molecule has 1 aromatic carbocycles. The average Bonchev–Trinajstić information content (AvgIpc) is 2.27. The SMILES string of the molecule is COc1cc(OC(C)C)c2c(Cl)ncnc2c1. The number of hydrogen-bond donors (Lipinski definition) is 0. The van der Waals surface area contributed by atoms with Crippen LogP contribution in [0, 0.1) is 0 Å². The molecule has 0 atom stereocenters. The number of hydrogen-bond acceptors (Lipinski definition) is 4. The van der Waals surface area contributed by atoms with E-state index in [1.165, 1.54) is 6.33 Å². The van der Waals surface area contributed by atoms with Gasteiger partial charge in [0, 0.05) is 12.1 Å². The molecule has 0 aliphatic heterocycles. The Morgan fingerprint density at radius 1 is 1.24 bits per heavy atom. The fourth-order valence-corrected chi connectivity index (χ4v) is 1.79. The van der Waals surface area contributed by atoms with Crippen LogP contribution in [0.4, 0.5) is 0 Å². The van der Waals surface area contributed by atoms with Crippen LogP contribution >= 0.6 is 11.6 Å². The molecule has 90 valence electrons. The second-order valence-corrected chi connectivity index (χ2v) is 4.21. The standard InChI is InChI=1S/C12H13ClN2O2/c1-7(2)17-10-5-8(16-3)4-9-11(10)12(13)15-6-14-9/h4-7H,1-3H3. The summed E-state index contributed by atoms with van der Waals surface area (Å²) >= 11 is 6.07. The van der Waals surface area contributed by atoms with Gasteiger partial charge in [-0.25, -0.2) is 9.97 Å². The molecule has 0 saturated carbocycles. The van der Waals surface area contributed by atoms with Gasteiger partial charge in [-0.2, -0.15) is 0 Å². The zero-order valence-electron chi connectivity index (χ0n) is 9.90. The first-order valence-corrected chi connectivity index (χ1v) is 5.64. The third-order valence-corrected chi connectivity index (χ3v) is 2.51. The predicted molar refractivity (Wildman–Crippen MR) is 66.9 cm³/mol. The van der Waals surface area contributed by atoms with E-state index in [4.69, 9.17) is 21.1 Å². The van der Waals surface area contributed by atoms with E-state index >= 15 is 0 Å². The van der Waals surface area contributed by atoms with Gasteiger partial charge in [0.1, 0.15) is 23.0 Å². The number of fused-ring (bicyclic) bond motifs is 1. The van der Waals surface area contributed by atoms with Crippen LogP contribution in [0.3, 0.4) is 0 Å². The molecule has 2 rings (SSSR count). The minimum absolute atomic E-state index is 0.0431. The lowest BCUT2D eigenvalue weighted by molar-refractivity contribution is 0.244. The van der Waals surface area contributed by atoms with Gasteiger partial charge in [-0.3, -0.25) is 0 Å². The summed E-state index contributed by atoms with van der Waals surface area (Å²) in [5, 5.41) is 1.09. The summed E-state index contributed by atoms with van der Waals surface area (Å²) in [7, 11) is 1.60. The number of rotatable bonds is 3. The smallest absolute Gasteiger partial charge is 0.144 e. The fraction of sp³-hybridized carbons (Fsp3) is 0.333. The van der Waals surface area contributed by atoms with Gasteiger partial charge in [-0.15, -0.1) is 0 Å². The first-order chi connectivity index (χ1) is 8.11. The van der Waals surface area contributed by atoms with Crippen molar-refractivity contribution in [1.29, 1.82) is 0 Å². The van der Waals surface area contributed by atoms with Crippen LogP contribution in [0.25, 0.3) is 10.9 Å². The summed E-state index contributed by atoms with van der Waals surface area (Å²) in [6.45, 7) is 3.89. The average molecular weight is 253 g/mol. The van der Waals surface area contributed by atoms with E-state index in [9.17, 15) is 0 Å². The van der Waals surface area contributed by atoms with Crippen molar-refractivity contribution in [3.63, 3.8) is 0 Å². The van der Waals surface area contributed by atoms with Crippen molar-refractivity contribution in [3.05, 3.63) is 23.6 Å². The van der Waals surface area contributed by atoms with Crippen molar-refractivity contribution >= 4 is 22.5 Å². The van der Waals surface area contributed by atoms with Crippen LogP contribution in [0.2, 0.25) is 5.15 Å². The lowest BCUT2D eigenvalue weighted by Gasteiger charge is -2.13. The lowest BCUT2D eigenvalue weighted by atomic mass is 10.2. The van der Waals surface area contributed by atoms with Crippen molar-refractivity contribution < 1.29 is 9.47 Å². The molecule has 0 aliphatic rings. The number of methoxy groups -OCH3 is 1. The Morgan fingerprint density at radius 3 is 2.65 bits per heavy atom. The Hall–Kier alpha value is -1.55. The maximum absolute atomic E-state index is 6.07. The van der Waals surface area contributed by atoms with Crippen molar-refractivity contribution in [2.45, 2.75) is 20.0 Å². The molecule has 1 aromatic heterocycles. The molecule has 1 heterocycles. The highest BCUT2D eigenvalue weighted by atomic mass is 35.5. The maximum Gasteiger partial charge on any atom is 0.144 e. The van der Waals surface area contributed by atoms with E-state index in [1.807, 2.05) is 13.8 Å². The molecule has 0 N–H and O–H groups in total. The van der Waals surface area contributed by atoms with Gasteiger partial charge < -0.3 is 9.47 Å². The number of nitrogens with zero attached hydrogens (tertiary/aromatic N) is 2. The Balaban J connectivity index is 2.68. The molecule has 0 bridgehead atoms. The summed E-state index contributed by atoms with van der Waals surface area (Å²) in [5.41, 5.74) is 0.708. The topological polar surface area (TPSA) is 44.2 Å². The van der Waals surface area contributed by atoms with E-state index in [1.54, 1.807) is 19.2 Å². The zero-order chi connectivity index (χ0) is 12.4. The first kappa shape index (κ1) is 11.9. The van der Waals surface area contributed by atoms with Gasteiger partial charge >= 0.3 is 0 Å². The van der Waals surface area contributed by atoms with Gasteiger partial charge in [-0.1, -0.05) is 11.6 Å². The van der Waals surface area contributed by atoms with Gasteiger partial charge in [0.2, 0.25) is 0 Å². The minimum atomic E-state index is 0.0431. The number of ether oxygens (including phenoxy) is 2. The molecule has 0 spiro atoms. The van der Waals surface area contributed by atoms with Crippen molar-refractivity contribution in [3.8, 4) is 11.5 Å². The third kappa shape index (κ3) is 2.42. The second-order valence-electron chi connectivity index (χ2n) is 3.85. The minimum Gasteiger partial charge on any atom is -0.497 e. The molecule has 17 heavy (non-hydrogen) atoms. The molecule has 0 unspecified atom stereocenters. The summed E-state index contributed by atoms with van der Waals surface area (Å²) in [4.78, 5) is 8.13. The Labute approximate surface area is 105 Å². The Morgan fingerprint density at radius 2 is 2.00 bits per heavy atom. The predicted octanol–water partition coefficient (Wildman–Crippen LogP) is 3.08. The van der Waals surface area contributed by atoms with Crippen LogP contribution in [0.5, 0.6) is 11.5 Å². The van der Waals surface area contributed by atoms with E-state index in [0.717, 1.165) is 0 Å². The van der Waals surface area contributed by atoms with Crippen molar-refractivity contribution in [1.82, 2.24) is 9.97 Å². The number of benzene rings is 1. The van der Waals surface area contributed by atoms with Gasteiger partial charge in [0.15, 0.2) is 0 Å². The molecule has 2 aromatic rings. The van der Waals surface area contributed by atoms with E-state index < -0.39 is 0 Å². The van der Waals surface area contributed by atoms with E-state index in [-0.39, 0.29) is 6.10 Å². The van der Waals surface area contributed by atoms with Crippen LogP contribution in [0.15, 0.2) is 18.5 Å². The molecule has 0 radical (unpaired) electrons. The molecular formula is C12H13ClN2O2. The molecular weight excluding hydrogens is 240 g/mol. The molecule has 0 aliphatic carbocycles. The Kier molecular flexibility index (Phi) is 3.33.